The molecule has 0 bridgehead atoms. The van der Waals surface area contributed by atoms with E-state index in [4.69, 9.17) is 4.42 Å². The molecule has 2 aromatic heterocycles. The molecule has 1 aromatic carbocycles. The van der Waals surface area contributed by atoms with Crippen LogP contribution in [0.1, 0.15) is 5.56 Å². The molecular formula is C17H15N5O. The van der Waals surface area contributed by atoms with Gasteiger partial charge in [0.2, 0.25) is 0 Å². The van der Waals surface area contributed by atoms with Crippen molar-refractivity contribution in [3.05, 3.63) is 42.1 Å². The average Bonchev–Trinajstić information content (AvgIpc) is 3.06. The number of hydrogen-bond acceptors (Lipinski definition) is 6. The molecule has 3 heterocycles. The van der Waals surface area contributed by atoms with Crippen LogP contribution in [0, 0.1) is 11.3 Å². The van der Waals surface area contributed by atoms with Crippen LogP contribution in [0.4, 0.5) is 6.01 Å². The number of rotatable bonds is 2. The second-order valence-corrected chi connectivity index (χ2v) is 5.43. The average molecular weight is 305 g/mol. The number of piperazine rings is 1. The molecule has 3 aromatic rings. The molecule has 0 amide bonds. The lowest BCUT2D eigenvalue weighted by Gasteiger charge is -2.25. The third-order valence-corrected chi connectivity index (χ3v) is 3.94. The normalized spacial score (nSPS) is 14.8. The molecule has 4 rings (SSSR count). The number of pyridine rings is 1. The minimum atomic E-state index is 0.554. The van der Waals surface area contributed by atoms with Crippen molar-refractivity contribution in [2.45, 2.75) is 0 Å². The molecule has 0 radical (unpaired) electrons. The van der Waals surface area contributed by atoms with Crippen LogP contribution in [-0.2, 0) is 0 Å². The zero-order chi connectivity index (χ0) is 15.6. The minimum Gasteiger partial charge on any atom is -0.423 e. The van der Waals surface area contributed by atoms with E-state index < -0.39 is 0 Å². The molecule has 23 heavy (non-hydrogen) atoms. The summed E-state index contributed by atoms with van der Waals surface area (Å²) >= 11 is 0. The van der Waals surface area contributed by atoms with E-state index in [0.717, 1.165) is 37.4 Å². The van der Waals surface area contributed by atoms with Gasteiger partial charge in [0.25, 0.3) is 6.01 Å². The summed E-state index contributed by atoms with van der Waals surface area (Å²) in [6, 6.07) is 12.0. The van der Waals surface area contributed by atoms with Crippen LogP contribution in [0.5, 0.6) is 0 Å². The standard InChI is InChI=1S/C17H15N5O/c18-11-12-9-13(14-3-1-2-4-20-14)16-15(10-12)21-17(23-16)22-7-5-19-6-8-22/h1-4,9-10,19H,5-8H2. The van der Waals surface area contributed by atoms with Crippen molar-refractivity contribution in [2.24, 2.45) is 0 Å². The van der Waals surface area contributed by atoms with Crippen molar-refractivity contribution in [1.29, 1.82) is 5.26 Å². The van der Waals surface area contributed by atoms with Crippen molar-refractivity contribution < 1.29 is 4.42 Å². The zero-order valence-corrected chi connectivity index (χ0v) is 12.5. The molecule has 1 N–H and O–H groups in total. The van der Waals surface area contributed by atoms with Gasteiger partial charge in [-0.1, -0.05) is 6.07 Å². The van der Waals surface area contributed by atoms with Gasteiger partial charge in [-0.3, -0.25) is 4.98 Å². The van der Waals surface area contributed by atoms with Gasteiger partial charge in [-0.05, 0) is 24.3 Å². The van der Waals surface area contributed by atoms with Gasteiger partial charge in [0.15, 0.2) is 5.58 Å². The fraction of sp³-hybridized carbons (Fsp3) is 0.235. The van der Waals surface area contributed by atoms with Gasteiger partial charge in [0.1, 0.15) is 5.52 Å². The van der Waals surface area contributed by atoms with Crippen molar-refractivity contribution in [3.8, 4) is 17.3 Å². The van der Waals surface area contributed by atoms with E-state index in [9.17, 15) is 5.26 Å². The summed E-state index contributed by atoms with van der Waals surface area (Å²) in [5.41, 5.74) is 3.50. The van der Waals surface area contributed by atoms with E-state index in [1.165, 1.54) is 0 Å². The maximum absolute atomic E-state index is 9.28. The first-order valence-corrected chi connectivity index (χ1v) is 7.57. The molecule has 0 saturated carbocycles. The number of fused-ring (bicyclic) bond motifs is 1. The molecule has 0 aliphatic carbocycles. The number of nitrogens with zero attached hydrogens (tertiary/aromatic N) is 4. The highest BCUT2D eigenvalue weighted by Gasteiger charge is 2.19. The SMILES string of the molecule is N#Cc1cc(-c2ccccn2)c2oc(N3CCNCC3)nc2c1. The lowest BCUT2D eigenvalue weighted by molar-refractivity contribution is 0.518. The predicted octanol–water partition coefficient (Wildman–Crippen LogP) is 2.17. The van der Waals surface area contributed by atoms with E-state index in [0.29, 0.717) is 22.7 Å². The summed E-state index contributed by atoms with van der Waals surface area (Å²) in [5.74, 6) is 0. The van der Waals surface area contributed by atoms with Crippen molar-refractivity contribution in [3.63, 3.8) is 0 Å². The Morgan fingerprint density at radius 1 is 1.22 bits per heavy atom. The third kappa shape index (κ3) is 2.51. The fourth-order valence-corrected chi connectivity index (χ4v) is 2.79. The molecule has 1 aliphatic rings. The van der Waals surface area contributed by atoms with Gasteiger partial charge in [-0.15, -0.1) is 0 Å². The lowest BCUT2D eigenvalue weighted by atomic mass is 10.1. The second kappa shape index (κ2) is 5.71. The molecule has 0 atom stereocenters. The Hall–Kier alpha value is -2.91. The number of aromatic nitrogens is 2. The van der Waals surface area contributed by atoms with Gasteiger partial charge in [-0.2, -0.15) is 10.2 Å². The lowest BCUT2D eigenvalue weighted by Crippen LogP contribution is -2.43. The Bertz CT molecular complexity index is 875. The van der Waals surface area contributed by atoms with Gasteiger partial charge in [0, 0.05) is 37.9 Å². The number of benzene rings is 1. The summed E-state index contributed by atoms with van der Waals surface area (Å²) < 4.78 is 6.03. The molecule has 1 saturated heterocycles. The Morgan fingerprint density at radius 3 is 2.83 bits per heavy atom. The number of oxazole rings is 1. The highest BCUT2D eigenvalue weighted by atomic mass is 16.4. The van der Waals surface area contributed by atoms with Gasteiger partial charge < -0.3 is 14.6 Å². The van der Waals surface area contributed by atoms with Crippen LogP contribution < -0.4 is 10.2 Å². The quantitative estimate of drug-likeness (QED) is 0.782. The van der Waals surface area contributed by atoms with E-state index >= 15 is 0 Å². The van der Waals surface area contributed by atoms with Crippen LogP contribution in [-0.4, -0.2) is 36.1 Å². The number of nitrogens with one attached hydrogen (secondary N) is 1. The maximum atomic E-state index is 9.28. The van der Waals surface area contributed by atoms with Crippen LogP contribution >= 0.6 is 0 Å². The van der Waals surface area contributed by atoms with E-state index in [1.807, 2.05) is 18.2 Å². The molecule has 1 aliphatic heterocycles. The first-order chi connectivity index (χ1) is 11.3. The van der Waals surface area contributed by atoms with Gasteiger partial charge >= 0.3 is 0 Å². The van der Waals surface area contributed by atoms with Crippen molar-refractivity contribution >= 4 is 17.1 Å². The van der Waals surface area contributed by atoms with Crippen molar-refractivity contribution in [2.75, 3.05) is 31.1 Å². The summed E-state index contributed by atoms with van der Waals surface area (Å²) in [6.07, 6.45) is 1.73. The Kier molecular flexibility index (Phi) is 3.41. The van der Waals surface area contributed by atoms with Crippen LogP contribution in [0.25, 0.3) is 22.4 Å². The van der Waals surface area contributed by atoms with E-state index in [2.05, 4.69) is 26.3 Å². The summed E-state index contributed by atoms with van der Waals surface area (Å²) in [4.78, 5) is 11.1. The largest absolute Gasteiger partial charge is 0.423 e. The molecule has 1 fully saturated rings. The van der Waals surface area contributed by atoms with Gasteiger partial charge in [-0.25, -0.2) is 0 Å². The Labute approximate surface area is 133 Å². The summed E-state index contributed by atoms with van der Waals surface area (Å²) in [5, 5.41) is 12.6. The fourth-order valence-electron chi connectivity index (χ4n) is 2.79. The molecule has 114 valence electrons. The second-order valence-electron chi connectivity index (χ2n) is 5.43. The first kappa shape index (κ1) is 13.7. The highest BCUT2D eigenvalue weighted by Crippen LogP contribution is 2.32. The summed E-state index contributed by atoms with van der Waals surface area (Å²) in [7, 11) is 0. The monoisotopic (exact) mass is 305 g/mol. The topological polar surface area (TPSA) is 78.0 Å². The van der Waals surface area contributed by atoms with Crippen LogP contribution in [0.2, 0.25) is 0 Å². The van der Waals surface area contributed by atoms with Crippen LogP contribution in [0.3, 0.4) is 0 Å². The number of nitriles is 1. The van der Waals surface area contributed by atoms with E-state index in [1.54, 1.807) is 18.3 Å². The predicted molar refractivity (Wildman–Crippen MR) is 87.0 cm³/mol. The Balaban J connectivity index is 1.87. The molecule has 6 nitrogen and oxygen atoms in total. The third-order valence-electron chi connectivity index (χ3n) is 3.94. The number of anilines is 1. The van der Waals surface area contributed by atoms with Crippen molar-refractivity contribution in [1.82, 2.24) is 15.3 Å². The smallest absolute Gasteiger partial charge is 0.298 e. The summed E-state index contributed by atoms with van der Waals surface area (Å²) in [6.45, 7) is 3.54. The van der Waals surface area contributed by atoms with Gasteiger partial charge in [0.05, 0.1) is 17.3 Å². The minimum absolute atomic E-state index is 0.554. The highest BCUT2D eigenvalue weighted by molar-refractivity contribution is 5.91. The zero-order valence-electron chi connectivity index (χ0n) is 12.5. The molecular weight excluding hydrogens is 290 g/mol. The molecule has 0 unspecified atom stereocenters. The Morgan fingerprint density at radius 2 is 2.09 bits per heavy atom. The molecule has 6 heteroatoms. The van der Waals surface area contributed by atoms with E-state index in [-0.39, 0.29) is 0 Å². The maximum Gasteiger partial charge on any atom is 0.298 e. The molecule has 0 spiro atoms. The number of hydrogen-bond donors (Lipinski definition) is 1. The first-order valence-electron chi connectivity index (χ1n) is 7.57. The van der Waals surface area contributed by atoms with Crippen LogP contribution in [0.15, 0.2) is 40.9 Å².